The molecule has 72 valence electrons. The predicted octanol–water partition coefficient (Wildman–Crippen LogP) is 1.22. The minimum absolute atomic E-state index is 0.603. The standard InChI is InChI=1S/C8H14N4S/c1-13-4-2-3-11-8-7(9)5-10-6-12-8/h5-6H,2-4,9H2,1H3,(H,10,11,12). The Balaban J connectivity index is 2.32. The maximum absolute atomic E-state index is 5.64. The van der Waals surface area contributed by atoms with Gasteiger partial charge in [0.1, 0.15) is 6.33 Å². The summed E-state index contributed by atoms with van der Waals surface area (Å²) in [6, 6.07) is 0. The van der Waals surface area contributed by atoms with Crippen molar-refractivity contribution in [1.82, 2.24) is 9.97 Å². The van der Waals surface area contributed by atoms with Gasteiger partial charge in [-0.05, 0) is 18.4 Å². The first-order chi connectivity index (χ1) is 6.34. The molecule has 13 heavy (non-hydrogen) atoms. The molecule has 0 aromatic carbocycles. The first-order valence-electron chi connectivity index (χ1n) is 4.13. The van der Waals surface area contributed by atoms with Gasteiger partial charge in [0.15, 0.2) is 5.82 Å². The van der Waals surface area contributed by atoms with Crippen LogP contribution in [-0.2, 0) is 0 Å². The van der Waals surface area contributed by atoms with Gasteiger partial charge in [-0.3, -0.25) is 0 Å². The van der Waals surface area contributed by atoms with E-state index in [2.05, 4.69) is 21.5 Å². The molecular weight excluding hydrogens is 184 g/mol. The number of thioether (sulfide) groups is 1. The van der Waals surface area contributed by atoms with Gasteiger partial charge in [0.05, 0.1) is 11.9 Å². The summed E-state index contributed by atoms with van der Waals surface area (Å²) in [5.74, 6) is 1.88. The first kappa shape index (κ1) is 10.1. The van der Waals surface area contributed by atoms with Crippen molar-refractivity contribution >= 4 is 23.3 Å². The van der Waals surface area contributed by atoms with E-state index in [-0.39, 0.29) is 0 Å². The number of nitrogens with zero attached hydrogens (tertiary/aromatic N) is 2. The van der Waals surface area contributed by atoms with E-state index >= 15 is 0 Å². The minimum atomic E-state index is 0.603. The second kappa shape index (κ2) is 5.64. The molecule has 0 radical (unpaired) electrons. The molecule has 3 N–H and O–H groups in total. The van der Waals surface area contributed by atoms with Crippen molar-refractivity contribution in [3.63, 3.8) is 0 Å². The highest BCUT2D eigenvalue weighted by Crippen LogP contribution is 2.11. The first-order valence-corrected chi connectivity index (χ1v) is 5.52. The van der Waals surface area contributed by atoms with Crippen molar-refractivity contribution in [2.75, 3.05) is 29.6 Å². The van der Waals surface area contributed by atoms with Crippen molar-refractivity contribution in [3.8, 4) is 0 Å². The van der Waals surface area contributed by atoms with Crippen LogP contribution in [0.1, 0.15) is 6.42 Å². The topological polar surface area (TPSA) is 63.8 Å². The summed E-state index contributed by atoms with van der Waals surface area (Å²) in [7, 11) is 0. The number of anilines is 2. The van der Waals surface area contributed by atoms with E-state index in [0.29, 0.717) is 5.69 Å². The van der Waals surface area contributed by atoms with Crippen LogP contribution >= 0.6 is 11.8 Å². The van der Waals surface area contributed by atoms with Gasteiger partial charge in [-0.15, -0.1) is 0 Å². The molecule has 1 rings (SSSR count). The molecule has 0 spiro atoms. The van der Waals surface area contributed by atoms with Crippen LogP contribution in [0.5, 0.6) is 0 Å². The van der Waals surface area contributed by atoms with E-state index in [4.69, 9.17) is 5.73 Å². The summed E-state index contributed by atoms with van der Waals surface area (Å²) in [5, 5.41) is 3.16. The maximum atomic E-state index is 5.64. The third-order valence-corrected chi connectivity index (χ3v) is 2.26. The second-order valence-corrected chi connectivity index (χ2v) is 3.59. The van der Waals surface area contributed by atoms with E-state index in [1.54, 1.807) is 6.20 Å². The van der Waals surface area contributed by atoms with Gasteiger partial charge in [0.2, 0.25) is 0 Å². The summed E-state index contributed by atoms with van der Waals surface area (Å²) < 4.78 is 0. The third kappa shape index (κ3) is 3.50. The van der Waals surface area contributed by atoms with Gasteiger partial charge in [0.25, 0.3) is 0 Å². The molecule has 0 saturated heterocycles. The fourth-order valence-corrected chi connectivity index (χ4v) is 1.34. The van der Waals surface area contributed by atoms with E-state index in [0.717, 1.165) is 24.5 Å². The third-order valence-electron chi connectivity index (χ3n) is 1.56. The van der Waals surface area contributed by atoms with Gasteiger partial charge in [-0.2, -0.15) is 11.8 Å². The minimum Gasteiger partial charge on any atom is -0.394 e. The van der Waals surface area contributed by atoms with Gasteiger partial charge in [-0.25, -0.2) is 9.97 Å². The van der Waals surface area contributed by atoms with Crippen molar-refractivity contribution < 1.29 is 0 Å². The van der Waals surface area contributed by atoms with Crippen LogP contribution in [0.3, 0.4) is 0 Å². The summed E-state index contributed by atoms with van der Waals surface area (Å²) in [5.41, 5.74) is 6.25. The molecule has 5 heteroatoms. The summed E-state index contributed by atoms with van der Waals surface area (Å²) in [6.45, 7) is 0.905. The molecule has 0 aliphatic rings. The molecule has 0 fully saturated rings. The Hall–Kier alpha value is -0.970. The lowest BCUT2D eigenvalue weighted by atomic mass is 10.4. The van der Waals surface area contributed by atoms with Crippen LogP contribution in [0.25, 0.3) is 0 Å². The second-order valence-electron chi connectivity index (χ2n) is 2.60. The highest BCUT2D eigenvalue weighted by atomic mass is 32.2. The highest BCUT2D eigenvalue weighted by molar-refractivity contribution is 7.98. The Morgan fingerprint density at radius 3 is 3.15 bits per heavy atom. The number of nitrogens with two attached hydrogens (primary N) is 1. The van der Waals surface area contributed by atoms with Crippen molar-refractivity contribution in [3.05, 3.63) is 12.5 Å². The molecule has 4 nitrogen and oxygen atoms in total. The zero-order valence-electron chi connectivity index (χ0n) is 7.66. The number of rotatable bonds is 5. The van der Waals surface area contributed by atoms with Crippen LogP contribution in [0.2, 0.25) is 0 Å². The SMILES string of the molecule is CSCCCNc1ncncc1N. The van der Waals surface area contributed by atoms with Gasteiger partial charge < -0.3 is 11.1 Å². The van der Waals surface area contributed by atoms with E-state index in [9.17, 15) is 0 Å². The fraction of sp³-hybridized carbons (Fsp3) is 0.500. The fourth-order valence-electron chi connectivity index (χ4n) is 0.911. The smallest absolute Gasteiger partial charge is 0.152 e. The molecule has 0 aliphatic heterocycles. The molecule has 1 heterocycles. The summed E-state index contributed by atoms with van der Waals surface area (Å²) in [4.78, 5) is 7.83. The lowest BCUT2D eigenvalue weighted by Crippen LogP contribution is -2.06. The predicted molar refractivity (Wildman–Crippen MR) is 57.9 cm³/mol. The van der Waals surface area contributed by atoms with Crippen LogP contribution in [0.4, 0.5) is 11.5 Å². The highest BCUT2D eigenvalue weighted by Gasteiger charge is 1.97. The van der Waals surface area contributed by atoms with E-state index in [1.165, 1.54) is 6.33 Å². The Morgan fingerprint density at radius 1 is 1.62 bits per heavy atom. The Kier molecular flexibility index (Phi) is 4.39. The summed E-state index contributed by atoms with van der Waals surface area (Å²) >= 11 is 1.84. The average Bonchev–Trinajstić information content (AvgIpc) is 2.15. The molecule has 0 saturated carbocycles. The molecule has 0 aliphatic carbocycles. The summed E-state index contributed by atoms with van der Waals surface area (Å²) in [6.07, 6.45) is 6.31. The number of nitrogen functional groups attached to an aromatic ring is 1. The number of aromatic nitrogens is 2. The van der Waals surface area contributed by atoms with Gasteiger partial charge >= 0.3 is 0 Å². The van der Waals surface area contributed by atoms with Crippen LogP contribution in [-0.4, -0.2) is 28.5 Å². The molecule has 0 unspecified atom stereocenters. The van der Waals surface area contributed by atoms with Crippen molar-refractivity contribution in [2.45, 2.75) is 6.42 Å². The number of hydrogen-bond donors (Lipinski definition) is 2. The van der Waals surface area contributed by atoms with Crippen molar-refractivity contribution in [2.24, 2.45) is 0 Å². The van der Waals surface area contributed by atoms with Crippen LogP contribution in [0, 0.1) is 0 Å². The zero-order valence-corrected chi connectivity index (χ0v) is 8.47. The molecule has 1 aromatic heterocycles. The lowest BCUT2D eigenvalue weighted by Gasteiger charge is -2.05. The van der Waals surface area contributed by atoms with Gasteiger partial charge in [-0.1, -0.05) is 0 Å². The van der Waals surface area contributed by atoms with Crippen LogP contribution < -0.4 is 11.1 Å². The Morgan fingerprint density at radius 2 is 2.46 bits per heavy atom. The monoisotopic (exact) mass is 198 g/mol. The molecule has 1 aromatic rings. The number of nitrogens with one attached hydrogen (secondary N) is 1. The largest absolute Gasteiger partial charge is 0.394 e. The maximum Gasteiger partial charge on any atom is 0.152 e. The molecule has 0 atom stereocenters. The van der Waals surface area contributed by atoms with E-state index < -0.39 is 0 Å². The number of hydrogen-bond acceptors (Lipinski definition) is 5. The molecule has 0 bridgehead atoms. The van der Waals surface area contributed by atoms with Gasteiger partial charge in [0, 0.05) is 6.54 Å². The average molecular weight is 198 g/mol. The lowest BCUT2D eigenvalue weighted by molar-refractivity contribution is 0.978. The zero-order chi connectivity index (χ0) is 9.52. The molecule has 0 amide bonds. The van der Waals surface area contributed by atoms with E-state index in [1.807, 2.05) is 11.8 Å². The van der Waals surface area contributed by atoms with Crippen LogP contribution in [0.15, 0.2) is 12.5 Å². The quantitative estimate of drug-likeness (QED) is 0.697. The van der Waals surface area contributed by atoms with Crippen molar-refractivity contribution in [1.29, 1.82) is 0 Å². The Labute approximate surface area is 82.3 Å². The Bertz CT molecular complexity index is 254. The molecular formula is C8H14N4S. The normalized spacial score (nSPS) is 9.92.